The summed E-state index contributed by atoms with van der Waals surface area (Å²) in [4.78, 5) is 11.9. The standard InChI is InChI=1S/C28H34N2O4/c1-29-14-13-18-16-30-23-15-20(28(31)32)11-12-21(23)25(19-7-4-3-5-8-19)26(30)22-9-6-10-24(33-2)27(22)34-17-18/h6,9-12,15,18-19,29H,3-5,7-8,13-14,16-17H2,1-2H3,(H,31,32)/t18-/m1/s1. The predicted octanol–water partition coefficient (Wildman–Crippen LogP) is 5.68. The van der Waals surface area contributed by atoms with Crippen molar-refractivity contribution in [3.63, 3.8) is 0 Å². The van der Waals surface area contributed by atoms with Crippen LogP contribution in [0.25, 0.3) is 22.2 Å². The van der Waals surface area contributed by atoms with Crippen LogP contribution in [0.2, 0.25) is 0 Å². The molecule has 0 radical (unpaired) electrons. The highest BCUT2D eigenvalue weighted by Gasteiger charge is 2.31. The summed E-state index contributed by atoms with van der Waals surface area (Å²) < 4.78 is 14.6. The second kappa shape index (κ2) is 9.71. The number of nitrogens with zero attached hydrogens (tertiary/aromatic N) is 1. The minimum Gasteiger partial charge on any atom is -0.493 e. The summed E-state index contributed by atoms with van der Waals surface area (Å²) in [6, 6.07) is 11.8. The molecule has 2 aromatic carbocycles. The first kappa shape index (κ1) is 22.8. The lowest BCUT2D eigenvalue weighted by Gasteiger charge is -2.28. The largest absolute Gasteiger partial charge is 0.493 e. The van der Waals surface area contributed by atoms with E-state index in [-0.39, 0.29) is 5.92 Å². The van der Waals surface area contributed by atoms with E-state index in [0.29, 0.717) is 18.1 Å². The first-order valence-corrected chi connectivity index (χ1v) is 12.5. The third kappa shape index (κ3) is 4.05. The summed E-state index contributed by atoms with van der Waals surface area (Å²) in [5.74, 6) is 1.38. The Bertz CT molecular complexity index is 1190. The Morgan fingerprint density at radius 1 is 1.21 bits per heavy atom. The van der Waals surface area contributed by atoms with Crippen molar-refractivity contribution in [3.05, 3.63) is 47.5 Å². The third-order valence-corrected chi connectivity index (χ3v) is 7.52. The van der Waals surface area contributed by atoms with Crippen LogP contribution in [0.5, 0.6) is 11.5 Å². The number of benzene rings is 2. The van der Waals surface area contributed by atoms with Crippen molar-refractivity contribution >= 4 is 16.9 Å². The van der Waals surface area contributed by atoms with Gasteiger partial charge in [0.05, 0.1) is 25.0 Å². The number of ether oxygens (including phenoxy) is 2. The zero-order valence-corrected chi connectivity index (χ0v) is 20.1. The van der Waals surface area contributed by atoms with E-state index in [9.17, 15) is 9.90 Å². The number of para-hydroxylation sites is 1. The molecule has 0 amide bonds. The molecule has 180 valence electrons. The Labute approximate surface area is 200 Å². The molecule has 1 saturated carbocycles. The van der Waals surface area contributed by atoms with E-state index in [1.807, 2.05) is 31.3 Å². The Balaban J connectivity index is 1.81. The topological polar surface area (TPSA) is 72.7 Å². The number of aromatic nitrogens is 1. The van der Waals surface area contributed by atoms with Gasteiger partial charge in [-0.2, -0.15) is 0 Å². The van der Waals surface area contributed by atoms with Gasteiger partial charge in [-0.1, -0.05) is 31.4 Å². The fourth-order valence-corrected chi connectivity index (χ4v) is 5.84. The van der Waals surface area contributed by atoms with Gasteiger partial charge in [0.15, 0.2) is 11.5 Å². The third-order valence-electron chi connectivity index (χ3n) is 7.52. The molecular weight excluding hydrogens is 428 g/mol. The van der Waals surface area contributed by atoms with Crippen molar-refractivity contribution < 1.29 is 19.4 Å². The molecule has 6 nitrogen and oxygen atoms in total. The summed E-state index contributed by atoms with van der Waals surface area (Å²) in [5.41, 5.74) is 4.91. The fraction of sp³-hybridized carbons (Fsp3) is 0.464. The van der Waals surface area contributed by atoms with E-state index < -0.39 is 5.97 Å². The zero-order chi connectivity index (χ0) is 23.7. The first-order chi connectivity index (χ1) is 16.6. The highest BCUT2D eigenvalue weighted by molar-refractivity contribution is 5.99. The van der Waals surface area contributed by atoms with Gasteiger partial charge in [-0.05, 0) is 68.6 Å². The van der Waals surface area contributed by atoms with Gasteiger partial charge in [0.1, 0.15) is 0 Å². The summed E-state index contributed by atoms with van der Waals surface area (Å²) in [6.45, 7) is 2.28. The van der Waals surface area contributed by atoms with Gasteiger partial charge in [-0.3, -0.25) is 0 Å². The summed E-state index contributed by atoms with van der Waals surface area (Å²) in [5, 5.41) is 14.2. The molecule has 2 aliphatic rings. The minimum atomic E-state index is -0.889. The van der Waals surface area contributed by atoms with Crippen molar-refractivity contribution in [3.8, 4) is 22.8 Å². The van der Waals surface area contributed by atoms with Crippen molar-refractivity contribution in [2.45, 2.75) is 51.0 Å². The number of hydrogen-bond acceptors (Lipinski definition) is 4. The molecule has 1 aliphatic heterocycles. The number of carboxylic acid groups (broad SMARTS) is 1. The smallest absolute Gasteiger partial charge is 0.335 e. The maximum atomic E-state index is 11.9. The maximum absolute atomic E-state index is 11.9. The molecule has 0 saturated heterocycles. The van der Waals surface area contributed by atoms with Crippen LogP contribution >= 0.6 is 0 Å². The van der Waals surface area contributed by atoms with Crippen LogP contribution in [0.15, 0.2) is 36.4 Å². The highest BCUT2D eigenvalue weighted by atomic mass is 16.5. The van der Waals surface area contributed by atoms with E-state index in [1.54, 1.807) is 13.2 Å². The number of hydrogen-bond donors (Lipinski definition) is 2. The summed E-state index contributed by atoms with van der Waals surface area (Å²) in [7, 11) is 3.66. The molecule has 0 bridgehead atoms. The zero-order valence-electron chi connectivity index (χ0n) is 20.1. The van der Waals surface area contributed by atoms with E-state index in [2.05, 4.69) is 16.0 Å². The SMILES string of the molecule is CNCC[C@H]1COc2c(OC)cccc2-c2c(C3CCCCC3)c3ccc(C(=O)O)cc3n2C1. The molecule has 1 atom stereocenters. The normalized spacial score (nSPS) is 18.5. The van der Waals surface area contributed by atoms with Crippen molar-refractivity contribution in [2.75, 3.05) is 27.3 Å². The van der Waals surface area contributed by atoms with Crippen molar-refractivity contribution in [2.24, 2.45) is 5.92 Å². The molecule has 0 spiro atoms. The molecule has 1 aliphatic carbocycles. The van der Waals surface area contributed by atoms with Gasteiger partial charge in [-0.15, -0.1) is 0 Å². The predicted molar refractivity (Wildman–Crippen MR) is 134 cm³/mol. The number of nitrogens with one attached hydrogen (secondary N) is 1. The number of methoxy groups -OCH3 is 1. The van der Waals surface area contributed by atoms with Crippen LogP contribution < -0.4 is 14.8 Å². The molecule has 3 aromatic rings. The quantitative estimate of drug-likeness (QED) is 0.493. The van der Waals surface area contributed by atoms with Crippen LogP contribution in [-0.2, 0) is 6.54 Å². The molecule has 2 heterocycles. The molecule has 0 unspecified atom stereocenters. The lowest BCUT2D eigenvalue weighted by molar-refractivity contribution is 0.0697. The van der Waals surface area contributed by atoms with Gasteiger partial charge < -0.3 is 24.5 Å². The average molecular weight is 463 g/mol. The monoisotopic (exact) mass is 462 g/mol. The average Bonchev–Trinajstić information content (AvgIpc) is 3.17. The molecular formula is C28H34N2O4. The Morgan fingerprint density at radius 2 is 2.03 bits per heavy atom. The molecule has 1 fully saturated rings. The lowest BCUT2D eigenvalue weighted by atomic mass is 9.81. The maximum Gasteiger partial charge on any atom is 0.335 e. The molecule has 6 heteroatoms. The minimum absolute atomic E-state index is 0.285. The van der Waals surface area contributed by atoms with Crippen LogP contribution in [0, 0.1) is 5.92 Å². The summed E-state index contributed by atoms with van der Waals surface area (Å²) >= 11 is 0. The number of carboxylic acids is 1. The molecule has 1 aromatic heterocycles. The van der Waals surface area contributed by atoms with Crippen molar-refractivity contribution in [1.29, 1.82) is 0 Å². The molecule has 2 N–H and O–H groups in total. The first-order valence-electron chi connectivity index (χ1n) is 12.5. The Kier molecular flexibility index (Phi) is 6.50. The van der Waals surface area contributed by atoms with Gasteiger partial charge in [0.2, 0.25) is 0 Å². The van der Waals surface area contributed by atoms with E-state index in [0.717, 1.165) is 54.9 Å². The second-order valence-electron chi connectivity index (χ2n) is 9.65. The fourth-order valence-electron chi connectivity index (χ4n) is 5.84. The van der Waals surface area contributed by atoms with Gasteiger partial charge in [0.25, 0.3) is 0 Å². The van der Waals surface area contributed by atoms with Crippen LogP contribution in [0.3, 0.4) is 0 Å². The van der Waals surface area contributed by atoms with Crippen LogP contribution in [0.4, 0.5) is 0 Å². The van der Waals surface area contributed by atoms with Gasteiger partial charge in [0, 0.05) is 28.9 Å². The van der Waals surface area contributed by atoms with E-state index in [1.165, 1.54) is 35.9 Å². The number of carbonyl (C=O) groups is 1. The van der Waals surface area contributed by atoms with Gasteiger partial charge in [-0.25, -0.2) is 4.79 Å². The van der Waals surface area contributed by atoms with Gasteiger partial charge >= 0.3 is 5.97 Å². The molecule has 5 rings (SSSR count). The lowest BCUT2D eigenvalue weighted by Crippen LogP contribution is -2.25. The second-order valence-corrected chi connectivity index (χ2v) is 9.65. The van der Waals surface area contributed by atoms with Crippen molar-refractivity contribution in [1.82, 2.24) is 9.88 Å². The Morgan fingerprint density at radius 3 is 2.76 bits per heavy atom. The Hall–Kier alpha value is -2.99. The van der Waals surface area contributed by atoms with E-state index >= 15 is 0 Å². The highest BCUT2D eigenvalue weighted by Crippen LogP contribution is 2.49. The molecule has 34 heavy (non-hydrogen) atoms. The number of rotatable bonds is 6. The summed E-state index contributed by atoms with van der Waals surface area (Å²) in [6.07, 6.45) is 7.05. The number of fused-ring (bicyclic) bond motifs is 5. The number of aromatic carboxylic acids is 1. The van der Waals surface area contributed by atoms with Crippen LogP contribution in [0.1, 0.15) is 60.4 Å². The van der Waals surface area contributed by atoms with Crippen LogP contribution in [-0.4, -0.2) is 43.0 Å². The van der Waals surface area contributed by atoms with E-state index in [4.69, 9.17) is 9.47 Å².